The highest BCUT2D eigenvalue weighted by Gasteiger charge is 2.48. The van der Waals surface area contributed by atoms with Crippen LogP contribution in [0.1, 0.15) is 19.0 Å². The molecule has 12 heteroatoms. The summed E-state index contributed by atoms with van der Waals surface area (Å²) in [5, 5.41) is 3.97. The quantitative estimate of drug-likeness (QED) is 0.563. The van der Waals surface area contributed by atoms with Crippen LogP contribution >= 0.6 is 0 Å². The second kappa shape index (κ2) is 6.97. The normalized spacial score (nSPS) is 18.6. The number of aromatic nitrogens is 5. The second-order valence-electron chi connectivity index (χ2n) is 8.73. The smallest absolute Gasteiger partial charge is 0.370 e. The molecule has 2 aliphatic rings. The molecule has 7 nitrogen and oxygen atoms in total. The zero-order valence-electron chi connectivity index (χ0n) is 17.1. The van der Waals surface area contributed by atoms with Crippen LogP contribution in [-0.2, 0) is 12.7 Å². The number of halogens is 5. The monoisotopic (exact) mass is 453 g/mol. The summed E-state index contributed by atoms with van der Waals surface area (Å²) in [7, 11) is 0. The Morgan fingerprint density at radius 2 is 1.78 bits per heavy atom. The van der Waals surface area contributed by atoms with Crippen molar-refractivity contribution in [1.82, 2.24) is 24.7 Å². The molecule has 0 unspecified atom stereocenters. The molecule has 0 bridgehead atoms. The van der Waals surface area contributed by atoms with Gasteiger partial charge in [-0.25, -0.2) is 23.4 Å². The summed E-state index contributed by atoms with van der Waals surface area (Å²) >= 11 is 0. The zero-order valence-corrected chi connectivity index (χ0v) is 17.1. The lowest BCUT2D eigenvalue weighted by molar-refractivity contribution is -0.141. The van der Waals surface area contributed by atoms with Crippen molar-refractivity contribution in [2.24, 2.45) is 5.41 Å². The molecule has 5 heterocycles. The maximum absolute atomic E-state index is 13.4. The average Bonchev–Trinajstić information content (AvgIpc) is 3.30. The summed E-state index contributed by atoms with van der Waals surface area (Å²) in [6.07, 6.45) is 0.572. The van der Waals surface area contributed by atoms with Gasteiger partial charge in [0, 0.05) is 50.4 Å². The Morgan fingerprint density at radius 3 is 2.50 bits per heavy atom. The molecule has 0 N–H and O–H groups in total. The van der Waals surface area contributed by atoms with Gasteiger partial charge in [-0.1, -0.05) is 0 Å². The van der Waals surface area contributed by atoms with Gasteiger partial charge in [0.05, 0.1) is 12.4 Å². The van der Waals surface area contributed by atoms with Gasteiger partial charge in [-0.2, -0.15) is 18.3 Å². The van der Waals surface area contributed by atoms with Crippen molar-refractivity contribution in [3.05, 3.63) is 36.4 Å². The maximum Gasteiger partial charge on any atom is 0.433 e. The summed E-state index contributed by atoms with van der Waals surface area (Å²) in [6.45, 7) is 2.86. The van der Waals surface area contributed by atoms with Crippen LogP contribution in [0.5, 0.6) is 0 Å². The molecule has 0 radical (unpaired) electrons. The molecule has 2 fully saturated rings. The van der Waals surface area contributed by atoms with Crippen LogP contribution in [-0.4, -0.2) is 56.8 Å². The van der Waals surface area contributed by atoms with Gasteiger partial charge in [0.2, 0.25) is 0 Å². The number of nitrogens with zero attached hydrogens (tertiary/aromatic N) is 7. The first-order valence-corrected chi connectivity index (χ1v) is 10.1. The molecule has 2 saturated heterocycles. The third-order valence-corrected chi connectivity index (χ3v) is 5.97. The van der Waals surface area contributed by atoms with E-state index >= 15 is 0 Å². The van der Waals surface area contributed by atoms with E-state index in [1.807, 2.05) is 9.80 Å². The maximum atomic E-state index is 13.4. The zero-order chi connectivity index (χ0) is 22.7. The van der Waals surface area contributed by atoms with Crippen molar-refractivity contribution in [3.63, 3.8) is 0 Å². The number of alkyl halides is 5. The van der Waals surface area contributed by atoms with E-state index in [-0.39, 0.29) is 5.41 Å². The van der Waals surface area contributed by atoms with E-state index in [2.05, 4.69) is 20.1 Å². The highest BCUT2D eigenvalue weighted by molar-refractivity contribution is 5.71. The van der Waals surface area contributed by atoms with Crippen molar-refractivity contribution < 1.29 is 22.0 Å². The minimum Gasteiger partial charge on any atom is -0.370 e. The largest absolute Gasteiger partial charge is 0.433 e. The van der Waals surface area contributed by atoms with E-state index in [4.69, 9.17) is 0 Å². The number of anilines is 2. The van der Waals surface area contributed by atoms with Gasteiger partial charge in [0.1, 0.15) is 23.6 Å². The summed E-state index contributed by atoms with van der Waals surface area (Å²) in [5.41, 5.74) is 0.287. The standard InChI is InChI=1S/C20H20F5N7/c1-18(21,22)9-32-17-14(7-28-32)27-8-16(29-17)30-5-3-19(10-30)11-31(12-19)13-2-4-26-15(6-13)20(23,24)25/h2,4,6-8H,3,5,9-12H2,1H3. The Kier molecular flexibility index (Phi) is 4.54. The lowest BCUT2D eigenvalue weighted by Crippen LogP contribution is -2.57. The van der Waals surface area contributed by atoms with Crippen molar-refractivity contribution in [2.45, 2.75) is 32.0 Å². The van der Waals surface area contributed by atoms with E-state index < -0.39 is 24.3 Å². The van der Waals surface area contributed by atoms with E-state index in [0.717, 1.165) is 24.1 Å². The van der Waals surface area contributed by atoms with Crippen molar-refractivity contribution in [2.75, 3.05) is 36.0 Å². The molecule has 0 saturated carbocycles. The van der Waals surface area contributed by atoms with Crippen molar-refractivity contribution in [1.29, 1.82) is 0 Å². The van der Waals surface area contributed by atoms with Crippen LogP contribution in [0.25, 0.3) is 11.2 Å². The van der Waals surface area contributed by atoms with Gasteiger partial charge in [-0.15, -0.1) is 0 Å². The minimum absolute atomic E-state index is 0.0605. The summed E-state index contributed by atoms with van der Waals surface area (Å²) < 4.78 is 66.9. The van der Waals surface area contributed by atoms with E-state index in [1.165, 1.54) is 12.4 Å². The fourth-order valence-electron chi connectivity index (χ4n) is 4.48. The molecule has 2 aliphatic heterocycles. The van der Waals surface area contributed by atoms with Gasteiger partial charge in [-0.05, 0) is 18.6 Å². The van der Waals surface area contributed by atoms with Gasteiger partial charge in [0.15, 0.2) is 5.65 Å². The Balaban J connectivity index is 1.30. The Hall–Kier alpha value is -3.05. The number of fused-ring (bicyclic) bond motifs is 1. The first-order valence-electron chi connectivity index (χ1n) is 10.1. The average molecular weight is 453 g/mol. The minimum atomic E-state index is -4.48. The van der Waals surface area contributed by atoms with Gasteiger partial charge < -0.3 is 9.80 Å². The third kappa shape index (κ3) is 3.82. The molecule has 1 spiro atoms. The number of hydrogen-bond donors (Lipinski definition) is 0. The predicted octanol–water partition coefficient (Wildman–Crippen LogP) is 3.61. The van der Waals surface area contributed by atoms with Crippen LogP contribution in [0.4, 0.5) is 33.5 Å². The number of hydrogen-bond acceptors (Lipinski definition) is 6. The topological polar surface area (TPSA) is 63.0 Å². The van der Waals surface area contributed by atoms with E-state index in [0.29, 0.717) is 48.8 Å². The molecule has 0 aliphatic carbocycles. The highest BCUT2D eigenvalue weighted by atomic mass is 19.4. The third-order valence-electron chi connectivity index (χ3n) is 5.97. The van der Waals surface area contributed by atoms with Crippen molar-refractivity contribution in [3.8, 4) is 0 Å². The fraction of sp³-hybridized carbons (Fsp3) is 0.500. The van der Waals surface area contributed by atoms with Crippen LogP contribution in [0, 0.1) is 5.41 Å². The highest BCUT2D eigenvalue weighted by Crippen LogP contribution is 2.43. The lowest BCUT2D eigenvalue weighted by Gasteiger charge is -2.49. The molecule has 3 aromatic heterocycles. The lowest BCUT2D eigenvalue weighted by atomic mass is 9.79. The molecule has 0 aromatic carbocycles. The molecule has 0 amide bonds. The van der Waals surface area contributed by atoms with Crippen LogP contribution in [0.15, 0.2) is 30.7 Å². The molecule has 170 valence electrons. The molecular weight excluding hydrogens is 433 g/mol. The summed E-state index contributed by atoms with van der Waals surface area (Å²) in [6, 6.07) is 2.66. The summed E-state index contributed by atoms with van der Waals surface area (Å²) in [4.78, 5) is 16.2. The van der Waals surface area contributed by atoms with Crippen LogP contribution < -0.4 is 9.80 Å². The predicted molar refractivity (Wildman–Crippen MR) is 107 cm³/mol. The molecule has 5 rings (SSSR count). The molecule has 0 atom stereocenters. The SMILES string of the molecule is CC(F)(F)Cn1ncc2ncc(N3CCC4(CN(c5ccnc(C(F)(F)F)c5)C4)C3)nc21. The first-order chi connectivity index (χ1) is 15.0. The summed E-state index contributed by atoms with van der Waals surface area (Å²) in [5.74, 6) is -2.35. The Morgan fingerprint density at radius 1 is 1.03 bits per heavy atom. The molecule has 3 aromatic rings. The fourth-order valence-corrected chi connectivity index (χ4v) is 4.48. The van der Waals surface area contributed by atoms with Gasteiger partial charge in [0.25, 0.3) is 5.92 Å². The van der Waals surface area contributed by atoms with E-state index in [9.17, 15) is 22.0 Å². The van der Waals surface area contributed by atoms with Gasteiger partial charge >= 0.3 is 6.18 Å². The Labute approximate surface area is 179 Å². The van der Waals surface area contributed by atoms with E-state index in [1.54, 1.807) is 12.3 Å². The van der Waals surface area contributed by atoms with Crippen LogP contribution in [0.3, 0.4) is 0 Å². The van der Waals surface area contributed by atoms with Crippen LogP contribution in [0.2, 0.25) is 0 Å². The second-order valence-corrected chi connectivity index (χ2v) is 8.73. The van der Waals surface area contributed by atoms with Gasteiger partial charge in [-0.3, -0.25) is 4.98 Å². The number of pyridine rings is 1. The number of rotatable bonds is 4. The Bertz CT molecular complexity index is 1150. The van der Waals surface area contributed by atoms with Crippen molar-refractivity contribution >= 4 is 22.7 Å². The first kappa shape index (κ1) is 20.8. The molecule has 32 heavy (non-hydrogen) atoms. The molecular formula is C20H20F5N7.